The Morgan fingerprint density at radius 3 is 1.23 bits per heavy atom. The van der Waals surface area contributed by atoms with Crippen LogP contribution >= 0.6 is 0 Å². The van der Waals surface area contributed by atoms with E-state index < -0.39 is 11.1 Å². The molecule has 0 atom stereocenters. The van der Waals surface area contributed by atoms with Crippen LogP contribution in [0.15, 0.2) is 43.4 Å². The highest BCUT2D eigenvalue weighted by Gasteiger charge is 2.18. The van der Waals surface area contributed by atoms with Gasteiger partial charge in [0.25, 0.3) is 22.2 Å². The summed E-state index contributed by atoms with van der Waals surface area (Å²) in [6.45, 7) is 0. The number of fused-ring (bicyclic) bond motifs is 5. The van der Waals surface area contributed by atoms with Crippen molar-refractivity contribution in [2.45, 2.75) is 0 Å². The fourth-order valence-corrected chi connectivity index (χ4v) is 3.10. The summed E-state index contributed by atoms with van der Waals surface area (Å²) in [6, 6.07) is 6.33. The molecule has 0 saturated heterocycles. The number of nitrogens with zero attached hydrogens (tertiary/aromatic N) is 2. The largest absolute Gasteiger partial charge is 0.277 e. The summed E-state index contributed by atoms with van der Waals surface area (Å²) in [5.74, 6) is 0. The van der Waals surface area contributed by atoms with E-state index in [1.807, 2.05) is 0 Å². The molecule has 0 unspecified atom stereocenters. The standard InChI is InChI=1S/C16H10N2O4/c1-17-13(19)9-5-3-8-7(11(9)15(17)21)4-6-10-12(8)16(22)18(2)14(10)20/h3-6H,1-2H3. The van der Waals surface area contributed by atoms with Crippen molar-refractivity contribution in [2.24, 2.45) is 14.1 Å². The number of benzene rings is 2. The SMILES string of the molecule is Cn1c(=O)c2ccc3c(ccc4c(=O)n(C)c(=O)c43)c2c1=O. The minimum absolute atomic E-state index is 0.294. The number of aromatic nitrogens is 2. The van der Waals surface area contributed by atoms with E-state index in [2.05, 4.69) is 0 Å². The summed E-state index contributed by atoms with van der Waals surface area (Å²) >= 11 is 0. The Morgan fingerprint density at radius 2 is 0.864 bits per heavy atom. The second kappa shape index (κ2) is 3.79. The van der Waals surface area contributed by atoms with Crippen molar-refractivity contribution in [1.29, 1.82) is 0 Å². The number of hydrogen-bond acceptors (Lipinski definition) is 4. The Morgan fingerprint density at radius 1 is 0.545 bits per heavy atom. The van der Waals surface area contributed by atoms with Crippen molar-refractivity contribution < 1.29 is 0 Å². The Hall–Kier alpha value is -3.02. The van der Waals surface area contributed by atoms with Crippen LogP contribution in [0.4, 0.5) is 0 Å². The minimum atomic E-state index is -0.393. The van der Waals surface area contributed by atoms with Gasteiger partial charge in [-0.25, -0.2) is 0 Å². The van der Waals surface area contributed by atoms with Crippen LogP contribution < -0.4 is 22.2 Å². The lowest BCUT2D eigenvalue weighted by Gasteiger charge is -1.99. The highest BCUT2D eigenvalue weighted by atomic mass is 16.2. The molecule has 4 aromatic rings. The van der Waals surface area contributed by atoms with Crippen LogP contribution in [-0.2, 0) is 14.1 Å². The molecule has 6 nitrogen and oxygen atoms in total. The van der Waals surface area contributed by atoms with Gasteiger partial charge in [-0.2, -0.15) is 0 Å². The second-order valence-electron chi connectivity index (χ2n) is 5.41. The van der Waals surface area contributed by atoms with E-state index in [-0.39, 0.29) is 11.1 Å². The van der Waals surface area contributed by atoms with Gasteiger partial charge in [-0.1, -0.05) is 12.1 Å². The molecule has 0 aliphatic heterocycles. The molecule has 0 amide bonds. The summed E-state index contributed by atoms with van der Waals surface area (Å²) < 4.78 is 2.10. The van der Waals surface area contributed by atoms with Gasteiger partial charge in [-0.15, -0.1) is 0 Å². The molecule has 0 spiro atoms. The first-order valence-electron chi connectivity index (χ1n) is 6.68. The predicted octanol–water partition coefficient (Wildman–Crippen LogP) is 0.140. The summed E-state index contributed by atoms with van der Waals surface area (Å²) in [4.78, 5) is 48.6. The Bertz CT molecular complexity index is 1210. The fraction of sp³-hybridized carbons (Fsp3) is 0.125. The molecular weight excluding hydrogens is 284 g/mol. The van der Waals surface area contributed by atoms with Crippen LogP contribution in [0.2, 0.25) is 0 Å². The van der Waals surface area contributed by atoms with Gasteiger partial charge in [0.15, 0.2) is 0 Å². The predicted molar refractivity (Wildman–Crippen MR) is 84.4 cm³/mol. The van der Waals surface area contributed by atoms with Crippen molar-refractivity contribution in [3.05, 3.63) is 65.7 Å². The van der Waals surface area contributed by atoms with Crippen molar-refractivity contribution >= 4 is 32.3 Å². The average Bonchev–Trinajstić information content (AvgIpc) is 2.88. The second-order valence-corrected chi connectivity index (χ2v) is 5.41. The van der Waals surface area contributed by atoms with Gasteiger partial charge in [-0.3, -0.25) is 28.3 Å². The van der Waals surface area contributed by atoms with E-state index in [9.17, 15) is 19.2 Å². The Kier molecular flexibility index (Phi) is 2.19. The van der Waals surface area contributed by atoms with E-state index in [1.54, 1.807) is 12.1 Å². The zero-order chi connectivity index (χ0) is 15.8. The third-order valence-corrected chi connectivity index (χ3v) is 4.31. The van der Waals surface area contributed by atoms with Crippen molar-refractivity contribution in [2.75, 3.05) is 0 Å². The zero-order valence-electron chi connectivity index (χ0n) is 11.8. The van der Waals surface area contributed by atoms with E-state index >= 15 is 0 Å². The van der Waals surface area contributed by atoms with E-state index in [0.717, 1.165) is 9.13 Å². The Labute approximate surface area is 122 Å². The quantitative estimate of drug-likeness (QED) is 0.462. The van der Waals surface area contributed by atoms with E-state index in [0.29, 0.717) is 32.3 Å². The lowest BCUT2D eigenvalue weighted by atomic mass is 10.0. The minimum Gasteiger partial charge on any atom is -0.277 e. The van der Waals surface area contributed by atoms with Gasteiger partial charge in [0.2, 0.25) is 0 Å². The maximum atomic E-state index is 12.3. The summed E-state index contributed by atoms with van der Waals surface area (Å²) in [5, 5.41) is 2.28. The maximum absolute atomic E-state index is 12.3. The van der Waals surface area contributed by atoms with E-state index in [1.165, 1.54) is 26.2 Å². The molecular formula is C16H10N2O4. The first kappa shape index (κ1) is 12.7. The molecule has 2 heterocycles. The van der Waals surface area contributed by atoms with Crippen molar-refractivity contribution in [3.8, 4) is 0 Å². The molecule has 108 valence electrons. The number of hydrogen-bond donors (Lipinski definition) is 0. The van der Waals surface area contributed by atoms with Crippen LogP contribution in [0.25, 0.3) is 32.3 Å². The van der Waals surface area contributed by atoms with Crippen LogP contribution in [0, 0.1) is 0 Å². The van der Waals surface area contributed by atoms with Gasteiger partial charge in [-0.05, 0) is 22.9 Å². The molecule has 0 aliphatic carbocycles. The third kappa shape index (κ3) is 1.25. The van der Waals surface area contributed by atoms with Crippen LogP contribution in [0.5, 0.6) is 0 Å². The highest BCUT2D eigenvalue weighted by Crippen LogP contribution is 2.26. The molecule has 0 N–H and O–H groups in total. The molecule has 0 saturated carbocycles. The van der Waals surface area contributed by atoms with E-state index in [4.69, 9.17) is 0 Å². The van der Waals surface area contributed by atoms with Crippen molar-refractivity contribution in [3.63, 3.8) is 0 Å². The highest BCUT2D eigenvalue weighted by molar-refractivity contribution is 6.16. The average molecular weight is 294 g/mol. The van der Waals surface area contributed by atoms with Gasteiger partial charge in [0.1, 0.15) is 0 Å². The summed E-state index contributed by atoms with van der Waals surface area (Å²) in [6.07, 6.45) is 0. The lowest BCUT2D eigenvalue weighted by Crippen LogP contribution is -2.21. The maximum Gasteiger partial charge on any atom is 0.261 e. The first-order chi connectivity index (χ1) is 10.4. The smallest absolute Gasteiger partial charge is 0.261 e. The van der Waals surface area contributed by atoms with Crippen LogP contribution in [0.3, 0.4) is 0 Å². The molecule has 0 bridgehead atoms. The van der Waals surface area contributed by atoms with Gasteiger partial charge >= 0.3 is 0 Å². The molecule has 6 heteroatoms. The monoisotopic (exact) mass is 294 g/mol. The molecule has 0 aliphatic rings. The summed E-state index contributed by atoms with van der Waals surface area (Å²) in [5.41, 5.74) is -1.50. The normalized spacial score (nSPS) is 11.9. The molecule has 4 rings (SSSR count). The zero-order valence-corrected chi connectivity index (χ0v) is 11.8. The first-order valence-corrected chi connectivity index (χ1v) is 6.68. The molecule has 2 aromatic carbocycles. The van der Waals surface area contributed by atoms with Gasteiger partial charge < -0.3 is 0 Å². The van der Waals surface area contributed by atoms with Crippen molar-refractivity contribution in [1.82, 2.24) is 9.13 Å². The van der Waals surface area contributed by atoms with Crippen LogP contribution in [-0.4, -0.2) is 9.13 Å². The lowest BCUT2D eigenvalue weighted by molar-refractivity contribution is 0.857. The molecule has 2 aromatic heterocycles. The van der Waals surface area contributed by atoms with Crippen LogP contribution in [0.1, 0.15) is 0 Å². The number of rotatable bonds is 0. The third-order valence-electron chi connectivity index (χ3n) is 4.31. The van der Waals surface area contributed by atoms with Gasteiger partial charge in [0.05, 0.1) is 21.5 Å². The Balaban J connectivity index is 2.45. The topological polar surface area (TPSA) is 78.1 Å². The molecule has 22 heavy (non-hydrogen) atoms. The van der Waals surface area contributed by atoms with Gasteiger partial charge in [0, 0.05) is 14.1 Å². The fourth-order valence-electron chi connectivity index (χ4n) is 3.10. The summed E-state index contributed by atoms with van der Waals surface area (Å²) in [7, 11) is 2.85. The molecule has 0 fully saturated rings. The molecule has 0 radical (unpaired) electrons.